The lowest BCUT2D eigenvalue weighted by Gasteiger charge is -2.07. The molecule has 0 bridgehead atoms. The highest BCUT2D eigenvalue weighted by molar-refractivity contribution is 5.75. The van der Waals surface area contributed by atoms with Crippen molar-refractivity contribution in [2.45, 2.75) is 19.8 Å². The van der Waals surface area contributed by atoms with Gasteiger partial charge in [-0.15, -0.1) is 0 Å². The van der Waals surface area contributed by atoms with Crippen LogP contribution in [0.15, 0.2) is 18.2 Å². The van der Waals surface area contributed by atoms with Gasteiger partial charge in [0.1, 0.15) is 0 Å². The summed E-state index contributed by atoms with van der Waals surface area (Å²) < 4.78 is 5.21. The molecular formula is C11H15N3O4. The average Bonchev–Trinajstić information content (AvgIpc) is 2.38. The molecule has 0 unspecified atom stereocenters. The predicted octanol–water partition coefficient (Wildman–Crippen LogP) is 0.916. The maximum atomic E-state index is 10.9. The second-order valence-electron chi connectivity index (χ2n) is 3.58. The number of carbonyl (C=O) groups excluding carboxylic acids is 1. The minimum absolute atomic E-state index is 0.0370. The summed E-state index contributed by atoms with van der Waals surface area (Å²) in [7, 11) is 0. The maximum absolute atomic E-state index is 10.9. The number of hydrogen-bond donors (Lipinski definition) is 2. The van der Waals surface area contributed by atoms with Crippen LogP contribution in [0, 0.1) is 10.1 Å². The predicted molar refractivity (Wildman–Crippen MR) is 64.9 cm³/mol. The largest absolute Gasteiger partial charge is 0.486 e. The fourth-order valence-corrected chi connectivity index (χ4v) is 1.37. The molecule has 0 radical (unpaired) electrons. The number of hydrogen-bond acceptors (Lipinski definition) is 5. The number of nitro benzene ring substituents is 1. The molecule has 0 spiro atoms. The number of ether oxygens (including phenoxy) is 1. The van der Waals surface area contributed by atoms with Crippen molar-refractivity contribution in [3.8, 4) is 5.75 Å². The second kappa shape index (κ2) is 6.55. The van der Waals surface area contributed by atoms with Crippen LogP contribution in [0.4, 0.5) is 5.69 Å². The first-order valence-corrected chi connectivity index (χ1v) is 5.48. The van der Waals surface area contributed by atoms with Crippen LogP contribution in [0.25, 0.3) is 0 Å². The van der Waals surface area contributed by atoms with Crippen LogP contribution in [0.5, 0.6) is 5.75 Å². The monoisotopic (exact) mass is 253 g/mol. The van der Waals surface area contributed by atoms with E-state index in [1.54, 1.807) is 6.07 Å². The first-order valence-electron chi connectivity index (χ1n) is 5.48. The Labute approximate surface area is 104 Å². The van der Waals surface area contributed by atoms with Gasteiger partial charge in [0.25, 0.3) is 0 Å². The minimum atomic E-state index is -0.502. The zero-order valence-corrected chi connectivity index (χ0v) is 10.0. The summed E-state index contributed by atoms with van der Waals surface area (Å²) in [5.74, 6) is 4.67. The number of rotatable bonds is 6. The van der Waals surface area contributed by atoms with Gasteiger partial charge in [-0.3, -0.25) is 20.3 Å². The highest BCUT2D eigenvalue weighted by atomic mass is 16.6. The molecule has 0 atom stereocenters. The summed E-state index contributed by atoms with van der Waals surface area (Å²) in [4.78, 5) is 21.2. The molecule has 18 heavy (non-hydrogen) atoms. The van der Waals surface area contributed by atoms with E-state index in [0.29, 0.717) is 6.42 Å². The van der Waals surface area contributed by atoms with E-state index in [-0.39, 0.29) is 30.4 Å². The number of benzene rings is 1. The van der Waals surface area contributed by atoms with Crippen molar-refractivity contribution in [3.63, 3.8) is 0 Å². The maximum Gasteiger partial charge on any atom is 0.311 e. The molecule has 0 aromatic heterocycles. The number of hydrazine groups is 1. The number of amides is 1. The van der Waals surface area contributed by atoms with Gasteiger partial charge in [0, 0.05) is 6.07 Å². The molecule has 0 saturated carbocycles. The Morgan fingerprint density at radius 1 is 1.56 bits per heavy atom. The van der Waals surface area contributed by atoms with Crippen LogP contribution in [-0.2, 0) is 11.2 Å². The normalized spacial score (nSPS) is 9.89. The summed E-state index contributed by atoms with van der Waals surface area (Å²) in [5.41, 5.74) is 2.71. The highest BCUT2D eigenvalue weighted by Crippen LogP contribution is 2.28. The lowest BCUT2D eigenvalue weighted by Crippen LogP contribution is -2.31. The lowest BCUT2D eigenvalue weighted by atomic mass is 10.1. The standard InChI is InChI=1S/C11H15N3O4/c1-2-8-3-4-10(9(7-8)14(16)17)18-6-5-11(15)13-12/h3-4,7H,2,5-6,12H2,1H3,(H,13,15). The molecule has 0 fully saturated rings. The van der Waals surface area contributed by atoms with Gasteiger partial charge in [-0.2, -0.15) is 0 Å². The van der Waals surface area contributed by atoms with E-state index in [0.717, 1.165) is 5.56 Å². The molecule has 1 amide bonds. The summed E-state index contributed by atoms with van der Waals surface area (Å²) in [6.07, 6.45) is 0.750. The van der Waals surface area contributed by atoms with E-state index < -0.39 is 4.92 Å². The van der Waals surface area contributed by atoms with E-state index in [4.69, 9.17) is 10.6 Å². The van der Waals surface area contributed by atoms with Gasteiger partial charge in [-0.05, 0) is 18.1 Å². The van der Waals surface area contributed by atoms with Crippen LogP contribution in [0.2, 0.25) is 0 Å². The van der Waals surface area contributed by atoms with Gasteiger partial charge in [0.2, 0.25) is 5.91 Å². The molecule has 98 valence electrons. The average molecular weight is 253 g/mol. The van der Waals surface area contributed by atoms with Gasteiger partial charge < -0.3 is 4.74 Å². The van der Waals surface area contributed by atoms with Crippen molar-refractivity contribution < 1.29 is 14.5 Å². The van der Waals surface area contributed by atoms with Crippen LogP contribution in [-0.4, -0.2) is 17.4 Å². The number of nitrogens with two attached hydrogens (primary N) is 1. The van der Waals surface area contributed by atoms with Gasteiger partial charge in [-0.25, -0.2) is 5.84 Å². The number of aryl methyl sites for hydroxylation is 1. The fourth-order valence-electron chi connectivity index (χ4n) is 1.37. The SMILES string of the molecule is CCc1ccc(OCCC(=O)NN)c([N+](=O)[O-])c1. The molecule has 1 aromatic carbocycles. The minimum Gasteiger partial charge on any atom is -0.486 e. The summed E-state index contributed by atoms with van der Waals surface area (Å²) in [6.45, 7) is 1.94. The molecule has 1 rings (SSSR count). The lowest BCUT2D eigenvalue weighted by molar-refractivity contribution is -0.385. The van der Waals surface area contributed by atoms with Crippen molar-refractivity contribution in [2.24, 2.45) is 5.84 Å². The van der Waals surface area contributed by atoms with Crippen molar-refractivity contribution in [1.82, 2.24) is 5.43 Å². The van der Waals surface area contributed by atoms with E-state index in [1.165, 1.54) is 12.1 Å². The Morgan fingerprint density at radius 3 is 2.83 bits per heavy atom. The summed E-state index contributed by atoms with van der Waals surface area (Å²) >= 11 is 0. The first kappa shape index (κ1) is 13.9. The number of carbonyl (C=O) groups is 1. The Morgan fingerprint density at radius 2 is 2.28 bits per heavy atom. The molecule has 0 aliphatic rings. The third kappa shape index (κ3) is 3.70. The molecule has 1 aromatic rings. The van der Waals surface area contributed by atoms with Crippen LogP contribution in [0.3, 0.4) is 0 Å². The number of nitrogens with one attached hydrogen (secondary N) is 1. The van der Waals surface area contributed by atoms with Gasteiger partial charge in [0.15, 0.2) is 5.75 Å². The summed E-state index contributed by atoms with van der Waals surface area (Å²) in [6, 6.07) is 4.76. The van der Waals surface area contributed by atoms with E-state index in [9.17, 15) is 14.9 Å². The number of nitro groups is 1. The van der Waals surface area contributed by atoms with Crippen LogP contribution < -0.4 is 16.0 Å². The fraction of sp³-hybridized carbons (Fsp3) is 0.364. The third-order valence-electron chi connectivity index (χ3n) is 2.38. The molecule has 0 heterocycles. The Kier molecular flexibility index (Phi) is 5.06. The van der Waals surface area contributed by atoms with Crippen LogP contribution >= 0.6 is 0 Å². The van der Waals surface area contributed by atoms with Gasteiger partial charge in [-0.1, -0.05) is 13.0 Å². The van der Waals surface area contributed by atoms with Crippen molar-refractivity contribution in [2.75, 3.05) is 6.61 Å². The smallest absolute Gasteiger partial charge is 0.311 e. The zero-order chi connectivity index (χ0) is 13.5. The highest BCUT2D eigenvalue weighted by Gasteiger charge is 2.15. The molecule has 7 nitrogen and oxygen atoms in total. The van der Waals surface area contributed by atoms with Crippen LogP contribution in [0.1, 0.15) is 18.9 Å². The molecular weight excluding hydrogens is 238 g/mol. The van der Waals surface area contributed by atoms with Crippen molar-refractivity contribution >= 4 is 11.6 Å². The quantitative estimate of drug-likeness (QED) is 0.339. The van der Waals surface area contributed by atoms with E-state index >= 15 is 0 Å². The second-order valence-corrected chi connectivity index (χ2v) is 3.58. The van der Waals surface area contributed by atoms with Crippen molar-refractivity contribution in [3.05, 3.63) is 33.9 Å². The van der Waals surface area contributed by atoms with Crippen molar-refractivity contribution in [1.29, 1.82) is 0 Å². The third-order valence-corrected chi connectivity index (χ3v) is 2.38. The van der Waals surface area contributed by atoms with E-state index in [2.05, 4.69) is 0 Å². The number of nitrogens with zero attached hydrogens (tertiary/aromatic N) is 1. The summed E-state index contributed by atoms with van der Waals surface area (Å²) in [5, 5.41) is 10.9. The Bertz CT molecular complexity index is 448. The Hall–Kier alpha value is -2.15. The van der Waals surface area contributed by atoms with Gasteiger partial charge >= 0.3 is 5.69 Å². The first-order chi connectivity index (χ1) is 8.58. The molecule has 3 N–H and O–H groups in total. The molecule has 0 saturated heterocycles. The van der Waals surface area contributed by atoms with E-state index in [1.807, 2.05) is 12.3 Å². The zero-order valence-electron chi connectivity index (χ0n) is 10.0. The van der Waals surface area contributed by atoms with Gasteiger partial charge in [0.05, 0.1) is 18.0 Å². The topological polar surface area (TPSA) is 107 Å². The molecule has 0 aliphatic heterocycles. The Balaban J connectivity index is 2.75. The molecule has 0 aliphatic carbocycles. The molecule has 7 heteroatoms.